The summed E-state index contributed by atoms with van der Waals surface area (Å²) in [5, 5.41) is 13.1. The predicted octanol–water partition coefficient (Wildman–Crippen LogP) is 0.735. The van der Waals surface area contributed by atoms with E-state index in [0.717, 1.165) is 0 Å². The van der Waals surface area contributed by atoms with E-state index in [1.165, 1.54) is 22.8 Å². The van der Waals surface area contributed by atoms with Crippen LogP contribution in [0.15, 0.2) is 35.5 Å². The molecule has 1 aliphatic rings. The zero-order chi connectivity index (χ0) is 18.9. The highest BCUT2D eigenvalue weighted by atomic mass is 32.2. The summed E-state index contributed by atoms with van der Waals surface area (Å²) in [7, 11) is -1.98. The third-order valence-electron chi connectivity index (χ3n) is 4.53. The lowest BCUT2D eigenvalue weighted by Gasteiger charge is -2.16. The summed E-state index contributed by atoms with van der Waals surface area (Å²) < 4.78 is 33.8. The van der Waals surface area contributed by atoms with Gasteiger partial charge in [0.2, 0.25) is 10.0 Å². The standard InChI is InChI=1S/C16H20N4O5S/c1-11-7-20(8-14(11)16(21)22)26(23,24)13-5-3-12(4-6-13)25-9-15-17-10-18-19(15)2/h3-6,10-11,14H,7-9H2,1-2H3,(H,21,22)/t11-,14-/m1/s1. The van der Waals surface area contributed by atoms with Gasteiger partial charge in [0.1, 0.15) is 18.7 Å². The fourth-order valence-electron chi connectivity index (χ4n) is 2.90. The summed E-state index contributed by atoms with van der Waals surface area (Å²) in [5.41, 5.74) is 0. The molecule has 0 radical (unpaired) electrons. The molecule has 1 aliphatic heterocycles. The number of rotatable bonds is 6. The predicted molar refractivity (Wildman–Crippen MR) is 90.8 cm³/mol. The molecule has 0 bridgehead atoms. The second kappa shape index (κ2) is 7.04. The summed E-state index contributed by atoms with van der Waals surface area (Å²) >= 11 is 0. The molecule has 1 aromatic carbocycles. The van der Waals surface area contributed by atoms with Crippen LogP contribution in [0.2, 0.25) is 0 Å². The molecule has 3 rings (SSSR count). The van der Waals surface area contributed by atoms with E-state index in [9.17, 15) is 18.3 Å². The molecule has 0 saturated carbocycles. The number of carbonyl (C=O) groups is 1. The molecule has 10 heteroatoms. The minimum Gasteiger partial charge on any atom is -0.486 e. The Morgan fingerprint density at radius 2 is 2.00 bits per heavy atom. The van der Waals surface area contributed by atoms with Crippen molar-refractivity contribution in [1.29, 1.82) is 0 Å². The molecule has 2 atom stereocenters. The first-order valence-corrected chi connectivity index (χ1v) is 9.51. The number of nitrogens with zero attached hydrogens (tertiary/aromatic N) is 4. The zero-order valence-corrected chi connectivity index (χ0v) is 15.3. The smallest absolute Gasteiger partial charge is 0.308 e. The maximum absolute atomic E-state index is 12.7. The van der Waals surface area contributed by atoms with Crippen molar-refractivity contribution in [2.45, 2.75) is 18.4 Å². The van der Waals surface area contributed by atoms with Gasteiger partial charge in [-0.2, -0.15) is 9.40 Å². The lowest BCUT2D eigenvalue weighted by atomic mass is 9.99. The van der Waals surface area contributed by atoms with Crippen LogP contribution in [-0.4, -0.2) is 51.7 Å². The van der Waals surface area contributed by atoms with E-state index < -0.39 is 21.9 Å². The highest BCUT2D eigenvalue weighted by molar-refractivity contribution is 7.89. The molecule has 0 unspecified atom stereocenters. The van der Waals surface area contributed by atoms with Crippen LogP contribution in [0.25, 0.3) is 0 Å². The van der Waals surface area contributed by atoms with E-state index in [4.69, 9.17) is 4.74 Å². The molecule has 9 nitrogen and oxygen atoms in total. The van der Waals surface area contributed by atoms with Crippen LogP contribution in [0, 0.1) is 11.8 Å². The van der Waals surface area contributed by atoms with Crippen molar-refractivity contribution in [1.82, 2.24) is 19.1 Å². The first-order valence-electron chi connectivity index (χ1n) is 8.07. The van der Waals surface area contributed by atoms with Crippen molar-refractivity contribution < 1.29 is 23.1 Å². The van der Waals surface area contributed by atoms with Gasteiger partial charge in [0.25, 0.3) is 0 Å². The molecular weight excluding hydrogens is 360 g/mol. The second-order valence-corrected chi connectivity index (χ2v) is 8.24. The van der Waals surface area contributed by atoms with Crippen LogP contribution < -0.4 is 4.74 Å². The highest BCUT2D eigenvalue weighted by Gasteiger charge is 2.40. The summed E-state index contributed by atoms with van der Waals surface area (Å²) in [6.07, 6.45) is 1.43. The van der Waals surface area contributed by atoms with Crippen LogP contribution in [0.4, 0.5) is 0 Å². The monoisotopic (exact) mass is 380 g/mol. The first kappa shape index (κ1) is 18.3. The Morgan fingerprint density at radius 1 is 1.31 bits per heavy atom. The van der Waals surface area contributed by atoms with Crippen molar-refractivity contribution in [2.75, 3.05) is 13.1 Å². The average Bonchev–Trinajstić information content (AvgIpc) is 3.19. The van der Waals surface area contributed by atoms with E-state index >= 15 is 0 Å². The van der Waals surface area contributed by atoms with Gasteiger partial charge in [0.05, 0.1) is 10.8 Å². The second-order valence-electron chi connectivity index (χ2n) is 6.30. The van der Waals surface area contributed by atoms with Crippen LogP contribution >= 0.6 is 0 Å². The highest BCUT2D eigenvalue weighted by Crippen LogP contribution is 2.29. The summed E-state index contributed by atoms with van der Waals surface area (Å²) in [5.74, 6) is -0.726. The van der Waals surface area contributed by atoms with Crippen molar-refractivity contribution in [2.24, 2.45) is 18.9 Å². The van der Waals surface area contributed by atoms with E-state index in [-0.39, 0.29) is 30.5 Å². The first-order chi connectivity index (χ1) is 12.3. The number of aromatic nitrogens is 3. The molecule has 0 spiro atoms. The molecule has 140 valence electrons. The van der Waals surface area contributed by atoms with Crippen LogP contribution in [0.5, 0.6) is 5.75 Å². The lowest BCUT2D eigenvalue weighted by Crippen LogP contribution is -2.30. The number of carboxylic acids is 1. The van der Waals surface area contributed by atoms with Crippen molar-refractivity contribution >= 4 is 16.0 Å². The Kier molecular flexibility index (Phi) is 4.97. The Balaban J connectivity index is 1.69. The van der Waals surface area contributed by atoms with Crippen LogP contribution in [0.1, 0.15) is 12.7 Å². The minimum atomic E-state index is -3.73. The van der Waals surface area contributed by atoms with Gasteiger partial charge in [0.15, 0.2) is 5.82 Å². The van der Waals surface area contributed by atoms with Gasteiger partial charge in [-0.05, 0) is 30.2 Å². The number of sulfonamides is 1. The van der Waals surface area contributed by atoms with Gasteiger partial charge in [-0.25, -0.2) is 13.4 Å². The Morgan fingerprint density at radius 3 is 2.54 bits per heavy atom. The Hall–Kier alpha value is -2.46. The Labute approximate surface area is 151 Å². The maximum atomic E-state index is 12.7. The molecule has 26 heavy (non-hydrogen) atoms. The molecule has 1 N–H and O–H groups in total. The normalized spacial score (nSPS) is 21.0. The fourth-order valence-corrected chi connectivity index (χ4v) is 4.46. The SMILES string of the molecule is C[C@@H]1CN(S(=O)(=O)c2ccc(OCc3ncnn3C)cc2)C[C@H]1C(=O)O. The van der Waals surface area contributed by atoms with Gasteiger partial charge in [-0.15, -0.1) is 0 Å². The largest absolute Gasteiger partial charge is 0.486 e. The van der Waals surface area contributed by atoms with E-state index in [1.54, 1.807) is 30.8 Å². The van der Waals surface area contributed by atoms with Crippen LogP contribution in [-0.2, 0) is 28.5 Å². The minimum absolute atomic E-state index is 0.0107. The number of ether oxygens (including phenoxy) is 1. The lowest BCUT2D eigenvalue weighted by molar-refractivity contribution is -0.142. The van der Waals surface area contributed by atoms with Crippen molar-refractivity contribution in [3.8, 4) is 5.75 Å². The quantitative estimate of drug-likeness (QED) is 0.786. The zero-order valence-electron chi connectivity index (χ0n) is 14.4. The number of hydrogen-bond donors (Lipinski definition) is 1. The third kappa shape index (κ3) is 3.56. The molecule has 1 fully saturated rings. The maximum Gasteiger partial charge on any atom is 0.308 e. The van der Waals surface area contributed by atoms with Gasteiger partial charge < -0.3 is 9.84 Å². The summed E-state index contributed by atoms with van der Waals surface area (Å²) in [6, 6.07) is 6.05. The molecule has 2 aromatic rings. The summed E-state index contributed by atoms with van der Waals surface area (Å²) in [6.45, 7) is 2.15. The Bertz CT molecular complexity index is 894. The number of aliphatic carboxylic acids is 1. The van der Waals surface area contributed by atoms with Gasteiger partial charge >= 0.3 is 5.97 Å². The fraction of sp³-hybridized carbons (Fsp3) is 0.438. The molecule has 0 aliphatic carbocycles. The molecule has 1 saturated heterocycles. The van der Waals surface area contributed by atoms with E-state index in [2.05, 4.69) is 10.1 Å². The molecule has 2 heterocycles. The van der Waals surface area contributed by atoms with E-state index in [0.29, 0.717) is 11.6 Å². The molecule has 1 aromatic heterocycles. The summed E-state index contributed by atoms with van der Waals surface area (Å²) in [4.78, 5) is 15.4. The van der Waals surface area contributed by atoms with Gasteiger partial charge in [-0.3, -0.25) is 9.48 Å². The van der Waals surface area contributed by atoms with E-state index in [1.807, 2.05) is 0 Å². The number of hydrogen-bond acceptors (Lipinski definition) is 6. The average molecular weight is 380 g/mol. The topological polar surface area (TPSA) is 115 Å². The number of benzene rings is 1. The van der Waals surface area contributed by atoms with Gasteiger partial charge in [0, 0.05) is 20.1 Å². The number of carboxylic acid groups (broad SMARTS) is 1. The third-order valence-corrected chi connectivity index (χ3v) is 6.38. The number of aryl methyl sites for hydroxylation is 1. The van der Waals surface area contributed by atoms with Gasteiger partial charge in [-0.1, -0.05) is 6.92 Å². The van der Waals surface area contributed by atoms with Crippen molar-refractivity contribution in [3.05, 3.63) is 36.4 Å². The molecular formula is C16H20N4O5S. The van der Waals surface area contributed by atoms with Crippen molar-refractivity contribution in [3.63, 3.8) is 0 Å². The molecule has 0 amide bonds. The van der Waals surface area contributed by atoms with Crippen LogP contribution in [0.3, 0.4) is 0 Å².